The van der Waals surface area contributed by atoms with Gasteiger partial charge in [0.2, 0.25) is 0 Å². The van der Waals surface area contributed by atoms with Crippen molar-refractivity contribution in [2.45, 2.75) is 18.5 Å². The van der Waals surface area contributed by atoms with Crippen LogP contribution in [0.25, 0.3) is 0 Å². The third kappa shape index (κ3) is 2.42. The summed E-state index contributed by atoms with van der Waals surface area (Å²) in [5, 5.41) is 12.5. The van der Waals surface area contributed by atoms with Crippen LogP contribution in [0.2, 0.25) is 0 Å². The highest BCUT2D eigenvalue weighted by Crippen LogP contribution is 2.28. The van der Waals surface area contributed by atoms with Gasteiger partial charge in [0.25, 0.3) is 5.56 Å². The standard InChI is InChI=1S/C10H12FN3O5/c1-18-13-8-5(4-15)19-9(7(8)11)14-3-2-6(16)12-10(14)17/h2-3,5,7,9,15H,4H2,1H3,(H,12,16,17)/b13-8+/t5-,7-,9-/m1/s1. The smallest absolute Gasteiger partial charge is 0.330 e. The quantitative estimate of drug-likeness (QED) is 0.670. The van der Waals surface area contributed by atoms with Crippen LogP contribution in [0.3, 0.4) is 0 Å². The molecule has 19 heavy (non-hydrogen) atoms. The lowest BCUT2D eigenvalue weighted by molar-refractivity contribution is -0.0365. The molecule has 1 fully saturated rings. The van der Waals surface area contributed by atoms with Gasteiger partial charge in [-0.25, -0.2) is 9.18 Å². The van der Waals surface area contributed by atoms with Gasteiger partial charge < -0.3 is 14.7 Å². The summed E-state index contributed by atoms with van der Waals surface area (Å²) in [7, 11) is 1.23. The number of ether oxygens (including phenoxy) is 1. The number of nitrogens with one attached hydrogen (secondary N) is 1. The van der Waals surface area contributed by atoms with Crippen LogP contribution in [0.5, 0.6) is 0 Å². The van der Waals surface area contributed by atoms with E-state index in [-0.39, 0.29) is 5.71 Å². The molecule has 0 amide bonds. The molecule has 1 aromatic heterocycles. The van der Waals surface area contributed by atoms with Crippen molar-refractivity contribution in [2.75, 3.05) is 13.7 Å². The first kappa shape index (κ1) is 13.4. The van der Waals surface area contributed by atoms with Gasteiger partial charge in [-0.15, -0.1) is 0 Å². The van der Waals surface area contributed by atoms with Crippen LogP contribution in [-0.2, 0) is 9.57 Å². The second-order valence-electron chi connectivity index (χ2n) is 3.82. The zero-order chi connectivity index (χ0) is 14.0. The highest BCUT2D eigenvalue weighted by atomic mass is 19.1. The number of halogens is 1. The number of hydrogen-bond acceptors (Lipinski definition) is 6. The van der Waals surface area contributed by atoms with Crippen LogP contribution in [0.15, 0.2) is 27.0 Å². The van der Waals surface area contributed by atoms with E-state index in [1.807, 2.05) is 4.98 Å². The molecule has 2 heterocycles. The van der Waals surface area contributed by atoms with Crippen LogP contribution >= 0.6 is 0 Å². The highest BCUT2D eigenvalue weighted by Gasteiger charge is 2.43. The fraction of sp³-hybridized carbons (Fsp3) is 0.500. The first-order valence-corrected chi connectivity index (χ1v) is 5.41. The molecule has 2 rings (SSSR count). The number of oxime groups is 1. The lowest BCUT2D eigenvalue weighted by Crippen LogP contribution is -2.34. The zero-order valence-electron chi connectivity index (χ0n) is 9.95. The summed E-state index contributed by atoms with van der Waals surface area (Å²) in [5.41, 5.74) is -1.55. The molecule has 1 aliphatic heterocycles. The molecule has 8 nitrogen and oxygen atoms in total. The van der Waals surface area contributed by atoms with Crippen molar-refractivity contribution in [3.05, 3.63) is 33.1 Å². The Morgan fingerprint density at radius 1 is 1.63 bits per heavy atom. The van der Waals surface area contributed by atoms with Gasteiger partial charge in [0.1, 0.15) is 18.9 Å². The van der Waals surface area contributed by atoms with E-state index >= 15 is 0 Å². The van der Waals surface area contributed by atoms with E-state index < -0.39 is 36.4 Å². The first-order chi connectivity index (χ1) is 9.08. The predicted octanol–water partition coefficient (Wildman–Crippen LogP) is -1.23. The summed E-state index contributed by atoms with van der Waals surface area (Å²) >= 11 is 0. The summed E-state index contributed by atoms with van der Waals surface area (Å²) in [6.07, 6.45) is -2.96. The third-order valence-corrected chi connectivity index (χ3v) is 2.65. The normalized spacial score (nSPS) is 28.8. The van der Waals surface area contributed by atoms with Crippen LogP contribution < -0.4 is 11.2 Å². The number of aromatic amines is 1. The Morgan fingerprint density at radius 2 is 2.37 bits per heavy atom. The lowest BCUT2D eigenvalue weighted by atomic mass is 10.2. The first-order valence-electron chi connectivity index (χ1n) is 5.41. The molecule has 0 saturated carbocycles. The van der Waals surface area contributed by atoms with E-state index in [0.717, 1.165) is 16.8 Å². The summed E-state index contributed by atoms with van der Waals surface area (Å²) < 4.78 is 20.2. The van der Waals surface area contributed by atoms with Gasteiger partial charge in [-0.2, -0.15) is 0 Å². The van der Waals surface area contributed by atoms with E-state index in [1.54, 1.807) is 0 Å². The average Bonchev–Trinajstić information content (AvgIpc) is 2.68. The number of H-pyrrole nitrogens is 1. The fourth-order valence-electron chi connectivity index (χ4n) is 1.82. The molecule has 3 atom stereocenters. The van der Waals surface area contributed by atoms with Crippen molar-refractivity contribution in [1.82, 2.24) is 9.55 Å². The molecule has 1 aromatic rings. The molecule has 0 aliphatic carbocycles. The number of nitrogens with zero attached hydrogens (tertiary/aromatic N) is 2. The van der Waals surface area contributed by atoms with Gasteiger partial charge in [-0.1, -0.05) is 5.16 Å². The molecule has 0 radical (unpaired) electrons. The molecular weight excluding hydrogens is 261 g/mol. The van der Waals surface area contributed by atoms with E-state index in [2.05, 4.69) is 9.99 Å². The van der Waals surface area contributed by atoms with Gasteiger partial charge in [-0.3, -0.25) is 14.3 Å². The number of aliphatic hydroxyl groups is 1. The topological polar surface area (TPSA) is 106 Å². The van der Waals surface area contributed by atoms with Crippen LogP contribution in [-0.4, -0.2) is 46.4 Å². The Bertz CT molecular complexity index is 595. The minimum atomic E-state index is -1.76. The monoisotopic (exact) mass is 273 g/mol. The molecule has 1 saturated heterocycles. The SMILES string of the molecule is CO/N=C1/[C@@H](F)[C@H](n2ccc(=O)[nH]c2=O)O[C@@H]1CO. The van der Waals surface area contributed by atoms with E-state index in [1.165, 1.54) is 7.11 Å². The van der Waals surface area contributed by atoms with Crippen molar-refractivity contribution < 1.29 is 19.1 Å². The molecular formula is C10H12FN3O5. The molecule has 9 heteroatoms. The Morgan fingerprint density at radius 3 is 2.95 bits per heavy atom. The number of aliphatic hydroxyl groups excluding tert-OH is 1. The number of hydrogen-bond donors (Lipinski definition) is 2. The second-order valence-corrected chi connectivity index (χ2v) is 3.82. The van der Waals surface area contributed by atoms with Crippen LogP contribution in [0.4, 0.5) is 4.39 Å². The number of aromatic nitrogens is 2. The van der Waals surface area contributed by atoms with Crippen molar-refractivity contribution >= 4 is 5.71 Å². The largest absolute Gasteiger partial charge is 0.399 e. The van der Waals surface area contributed by atoms with Crippen molar-refractivity contribution in [3.63, 3.8) is 0 Å². The van der Waals surface area contributed by atoms with Gasteiger partial charge in [0, 0.05) is 12.3 Å². The van der Waals surface area contributed by atoms with Crippen LogP contribution in [0.1, 0.15) is 6.23 Å². The van der Waals surface area contributed by atoms with E-state index in [0.29, 0.717) is 0 Å². The molecule has 104 valence electrons. The molecule has 2 N–H and O–H groups in total. The minimum Gasteiger partial charge on any atom is -0.399 e. The Kier molecular flexibility index (Phi) is 3.76. The van der Waals surface area contributed by atoms with Gasteiger partial charge in [0.05, 0.1) is 6.61 Å². The molecule has 1 aliphatic rings. The molecule has 0 unspecified atom stereocenters. The lowest BCUT2D eigenvalue weighted by Gasteiger charge is -2.14. The van der Waals surface area contributed by atoms with Gasteiger partial charge in [-0.05, 0) is 0 Å². The third-order valence-electron chi connectivity index (χ3n) is 2.65. The van der Waals surface area contributed by atoms with Gasteiger partial charge in [0.15, 0.2) is 12.4 Å². The Labute approximate surface area is 106 Å². The fourth-order valence-corrected chi connectivity index (χ4v) is 1.82. The van der Waals surface area contributed by atoms with E-state index in [9.17, 15) is 14.0 Å². The van der Waals surface area contributed by atoms with Gasteiger partial charge >= 0.3 is 5.69 Å². The second kappa shape index (κ2) is 5.33. The maximum absolute atomic E-state index is 14.1. The van der Waals surface area contributed by atoms with Crippen molar-refractivity contribution in [3.8, 4) is 0 Å². The number of rotatable bonds is 3. The Hall–Kier alpha value is -2.00. The number of alkyl halides is 1. The average molecular weight is 273 g/mol. The molecule has 0 spiro atoms. The summed E-state index contributed by atoms with van der Waals surface area (Å²) in [6.45, 7) is -0.503. The summed E-state index contributed by atoms with van der Waals surface area (Å²) in [4.78, 5) is 29.0. The van der Waals surface area contributed by atoms with Crippen LogP contribution in [0, 0.1) is 0 Å². The molecule has 0 bridgehead atoms. The van der Waals surface area contributed by atoms with Crippen molar-refractivity contribution in [2.24, 2.45) is 5.16 Å². The maximum atomic E-state index is 14.1. The summed E-state index contributed by atoms with van der Waals surface area (Å²) in [6, 6.07) is 1.07. The maximum Gasteiger partial charge on any atom is 0.330 e. The van der Waals surface area contributed by atoms with E-state index in [4.69, 9.17) is 9.84 Å². The Balaban J connectivity index is 2.39. The zero-order valence-corrected chi connectivity index (χ0v) is 9.95. The predicted molar refractivity (Wildman–Crippen MR) is 61.7 cm³/mol. The highest BCUT2D eigenvalue weighted by molar-refractivity contribution is 5.94. The summed E-state index contributed by atoms with van der Waals surface area (Å²) in [5.74, 6) is 0. The molecule has 0 aromatic carbocycles. The minimum absolute atomic E-state index is 0.145. The van der Waals surface area contributed by atoms with Crippen molar-refractivity contribution in [1.29, 1.82) is 0 Å².